The van der Waals surface area contributed by atoms with E-state index in [0.717, 1.165) is 21.3 Å². The molecule has 0 aromatic heterocycles. The van der Waals surface area contributed by atoms with Crippen molar-refractivity contribution in [2.45, 2.75) is 40.0 Å². The van der Waals surface area contributed by atoms with E-state index in [2.05, 4.69) is 32.6 Å². The van der Waals surface area contributed by atoms with Gasteiger partial charge in [-0.1, -0.05) is 17.7 Å². The molecule has 0 radical (unpaired) electrons. The smallest absolute Gasteiger partial charge is 0.306 e. The third-order valence-electron chi connectivity index (χ3n) is 5.33. The van der Waals surface area contributed by atoms with E-state index < -0.39 is 18.5 Å². The average molecular weight is 588 g/mol. The van der Waals surface area contributed by atoms with Crippen molar-refractivity contribution < 1.29 is 23.9 Å². The van der Waals surface area contributed by atoms with Gasteiger partial charge < -0.3 is 20.1 Å². The second-order valence-electron chi connectivity index (χ2n) is 8.59. The Hall–Kier alpha value is -3.36. The van der Waals surface area contributed by atoms with Gasteiger partial charge in [0.25, 0.3) is 5.91 Å². The highest BCUT2D eigenvalue weighted by Crippen LogP contribution is 2.31. The van der Waals surface area contributed by atoms with Crippen LogP contribution in [0.3, 0.4) is 0 Å². The van der Waals surface area contributed by atoms with Gasteiger partial charge in [0, 0.05) is 28.7 Å². The van der Waals surface area contributed by atoms with Gasteiger partial charge in [-0.25, -0.2) is 0 Å². The summed E-state index contributed by atoms with van der Waals surface area (Å²) < 4.78 is 11.6. The van der Waals surface area contributed by atoms with E-state index in [1.165, 1.54) is 0 Å². The molecule has 3 rings (SSSR count). The fourth-order valence-electron chi connectivity index (χ4n) is 3.54. The standard InChI is InChI=1S/C28H28BrClN2O5/c1-17-13-18(2)15-22(14-17)37-21-9-7-20(8-10-21)31-25(33)5-4-6-27(35)36-16-26(34)32-24-12-11-23(29)28(30)19(24)3/h7-15H,4-6,16H2,1-3H3,(H,31,33)(H,32,34). The number of hydrogen-bond acceptors (Lipinski definition) is 5. The molecule has 2 N–H and O–H groups in total. The first-order valence-electron chi connectivity index (χ1n) is 11.7. The van der Waals surface area contributed by atoms with Crippen molar-refractivity contribution >= 4 is 56.7 Å². The molecule has 0 aliphatic rings. The Kier molecular flexibility index (Phi) is 10.1. The number of carbonyl (C=O) groups is 3. The molecule has 2 amide bonds. The fourth-order valence-corrected chi connectivity index (χ4v) is 4.14. The van der Waals surface area contributed by atoms with Crippen LogP contribution in [0.5, 0.6) is 11.5 Å². The molecule has 3 aromatic rings. The van der Waals surface area contributed by atoms with Crippen LogP contribution in [-0.2, 0) is 19.1 Å². The summed E-state index contributed by atoms with van der Waals surface area (Å²) in [4.78, 5) is 36.3. The van der Waals surface area contributed by atoms with Crippen LogP contribution in [0.15, 0.2) is 59.1 Å². The second kappa shape index (κ2) is 13.3. The van der Waals surface area contributed by atoms with Crippen molar-refractivity contribution in [1.82, 2.24) is 0 Å². The van der Waals surface area contributed by atoms with Gasteiger partial charge in [-0.2, -0.15) is 0 Å². The van der Waals surface area contributed by atoms with Gasteiger partial charge in [-0.05, 0) is 108 Å². The first kappa shape index (κ1) is 28.2. The summed E-state index contributed by atoms with van der Waals surface area (Å²) in [5, 5.41) is 5.95. The van der Waals surface area contributed by atoms with Gasteiger partial charge in [-0.15, -0.1) is 0 Å². The lowest BCUT2D eigenvalue weighted by molar-refractivity contribution is -0.147. The Labute approximate surface area is 229 Å². The van der Waals surface area contributed by atoms with E-state index in [4.69, 9.17) is 21.1 Å². The topological polar surface area (TPSA) is 93.7 Å². The van der Waals surface area contributed by atoms with Crippen LogP contribution in [0.1, 0.15) is 36.0 Å². The number of carbonyl (C=O) groups excluding carboxylic acids is 3. The molecule has 0 bridgehead atoms. The molecule has 0 saturated heterocycles. The predicted octanol–water partition coefficient (Wildman–Crippen LogP) is 7.11. The molecule has 9 heteroatoms. The molecular weight excluding hydrogens is 560 g/mol. The molecule has 0 heterocycles. The molecule has 37 heavy (non-hydrogen) atoms. The number of ether oxygens (including phenoxy) is 2. The highest BCUT2D eigenvalue weighted by molar-refractivity contribution is 9.10. The van der Waals surface area contributed by atoms with Gasteiger partial charge in [0.1, 0.15) is 11.5 Å². The molecule has 0 fully saturated rings. The minimum absolute atomic E-state index is 0.0204. The van der Waals surface area contributed by atoms with E-state index >= 15 is 0 Å². The van der Waals surface area contributed by atoms with Gasteiger partial charge in [0.15, 0.2) is 6.61 Å². The van der Waals surface area contributed by atoms with Crippen molar-refractivity contribution in [3.05, 3.63) is 80.8 Å². The minimum atomic E-state index is -0.554. The van der Waals surface area contributed by atoms with Crippen LogP contribution in [0.2, 0.25) is 5.02 Å². The summed E-state index contributed by atoms with van der Waals surface area (Å²) in [5.74, 6) is 0.162. The van der Waals surface area contributed by atoms with Crippen LogP contribution in [-0.4, -0.2) is 24.4 Å². The van der Waals surface area contributed by atoms with Crippen LogP contribution in [0, 0.1) is 20.8 Å². The molecule has 0 unspecified atom stereocenters. The highest BCUT2D eigenvalue weighted by atomic mass is 79.9. The highest BCUT2D eigenvalue weighted by Gasteiger charge is 2.12. The zero-order chi connectivity index (χ0) is 26.9. The third kappa shape index (κ3) is 8.91. The summed E-state index contributed by atoms with van der Waals surface area (Å²) >= 11 is 9.47. The van der Waals surface area contributed by atoms with E-state index in [-0.39, 0.29) is 18.7 Å². The van der Waals surface area contributed by atoms with Gasteiger partial charge in [0.05, 0.1) is 5.02 Å². The molecule has 3 aromatic carbocycles. The summed E-state index contributed by atoms with van der Waals surface area (Å²) in [7, 11) is 0. The Morgan fingerprint density at radius 1 is 0.838 bits per heavy atom. The number of esters is 1. The van der Waals surface area contributed by atoms with Crippen LogP contribution in [0.4, 0.5) is 11.4 Å². The molecule has 0 saturated carbocycles. The number of benzene rings is 3. The number of aryl methyl sites for hydroxylation is 2. The van der Waals surface area contributed by atoms with Gasteiger partial charge in [0.2, 0.25) is 5.91 Å². The zero-order valence-electron chi connectivity index (χ0n) is 20.8. The molecule has 0 atom stereocenters. The van der Waals surface area contributed by atoms with Crippen LogP contribution >= 0.6 is 27.5 Å². The number of rotatable bonds is 10. The quantitative estimate of drug-likeness (QED) is 0.247. The normalized spacial score (nSPS) is 10.5. The fraction of sp³-hybridized carbons (Fsp3) is 0.250. The van der Waals surface area contributed by atoms with E-state index in [1.807, 2.05) is 26.0 Å². The van der Waals surface area contributed by atoms with E-state index in [0.29, 0.717) is 34.1 Å². The Balaban J connectivity index is 1.36. The molecule has 0 aliphatic heterocycles. The molecule has 0 aliphatic carbocycles. The summed E-state index contributed by atoms with van der Waals surface area (Å²) in [5.41, 5.74) is 4.10. The molecule has 0 spiro atoms. The monoisotopic (exact) mass is 586 g/mol. The minimum Gasteiger partial charge on any atom is -0.457 e. The van der Waals surface area contributed by atoms with Crippen molar-refractivity contribution in [3.63, 3.8) is 0 Å². The Morgan fingerprint density at radius 2 is 1.51 bits per heavy atom. The Morgan fingerprint density at radius 3 is 2.19 bits per heavy atom. The largest absolute Gasteiger partial charge is 0.457 e. The van der Waals surface area contributed by atoms with Crippen molar-refractivity contribution in [2.75, 3.05) is 17.2 Å². The lowest BCUT2D eigenvalue weighted by Crippen LogP contribution is -2.21. The number of halogens is 2. The maximum absolute atomic E-state index is 12.2. The number of amides is 2. The van der Waals surface area contributed by atoms with Gasteiger partial charge >= 0.3 is 5.97 Å². The van der Waals surface area contributed by atoms with Crippen molar-refractivity contribution in [3.8, 4) is 11.5 Å². The van der Waals surface area contributed by atoms with Crippen molar-refractivity contribution in [1.29, 1.82) is 0 Å². The SMILES string of the molecule is Cc1cc(C)cc(Oc2ccc(NC(=O)CCCC(=O)OCC(=O)Nc3ccc(Br)c(Cl)c3C)cc2)c1. The predicted molar refractivity (Wildman–Crippen MR) is 148 cm³/mol. The van der Waals surface area contributed by atoms with Crippen molar-refractivity contribution in [2.24, 2.45) is 0 Å². The van der Waals surface area contributed by atoms with Crippen LogP contribution in [0.25, 0.3) is 0 Å². The lowest BCUT2D eigenvalue weighted by Gasteiger charge is -2.11. The number of nitrogens with one attached hydrogen (secondary N) is 2. The molecule has 194 valence electrons. The number of hydrogen-bond donors (Lipinski definition) is 2. The summed E-state index contributed by atoms with van der Waals surface area (Å²) in [6.45, 7) is 5.37. The average Bonchev–Trinajstić information content (AvgIpc) is 2.84. The lowest BCUT2D eigenvalue weighted by atomic mass is 10.1. The molecule has 7 nitrogen and oxygen atoms in total. The second-order valence-corrected chi connectivity index (χ2v) is 9.83. The van der Waals surface area contributed by atoms with Crippen LogP contribution < -0.4 is 15.4 Å². The number of anilines is 2. The third-order valence-corrected chi connectivity index (χ3v) is 6.71. The maximum Gasteiger partial charge on any atom is 0.306 e. The maximum atomic E-state index is 12.2. The van der Waals surface area contributed by atoms with E-state index in [9.17, 15) is 14.4 Å². The zero-order valence-corrected chi connectivity index (χ0v) is 23.2. The Bertz CT molecular complexity index is 1270. The first-order valence-corrected chi connectivity index (χ1v) is 12.8. The van der Waals surface area contributed by atoms with Gasteiger partial charge in [-0.3, -0.25) is 14.4 Å². The van der Waals surface area contributed by atoms with E-state index in [1.54, 1.807) is 43.3 Å². The summed E-state index contributed by atoms with van der Waals surface area (Å²) in [6, 6.07) is 16.5. The first-order chi connectivity index (χ1) is 17.6. The summed E-state index contributed by atoms with van der Waals surface area (Å²) in [6.07, 6.45) is 0.451. The molecular formula is C28H28BrClN2O5.